The first-order valence-electron chi connectivity index (χ1n) is 15.5. The van der Waals surface area contributed by atoms with E-state index < -0.39 is 22.5 Å². The maximum Gasteiger partial charge on any atom is 0.416 e. The Hall–Kier alpha value is -3.64. The van der Waals surface area contributed by atoms with Gasteiger partial charge in [-0.1, -0.05) is 42.5 Å². The van der Waals surface area contributed by atoms with E-state index in [0.29, 0.717) is 57.3 Å². The number of alkyl halides is 3. The number of hydrogen-bond donors (Lipinski definition) is 1. The third-order valence-corrected chi connectivity index (χ3v) is 9.82. The standard InChI is InChI=1S/C35H37F3N4O3S/c1-46(44)28-11-12-31-29(21-28)32(34(43)39-22-24-5-3-2-4-6-24)30(33(40-31)25-7-9-26(10-8-25)35(36,37)38)23-41-15-13-27(14-16-41)42-17-19-45-20-18-42/h2-12,21,27H,13-20,22-23H2,1H3,(H,39,43). The molecule has 3 heterocycles. The number of carbonyl (C=O) groups is 1. The zero-order valence-corrected chi connectivity index (χ0v) is 26.5. The molecule has 0 saturated carbocycles. The maximum absolute atomic E-state index is 14.2. The number of nitrogens with zero attached hydrogens (tertiary/aromatic N) is 3. The Kier molecular flexibility index (Phi) is 9.84. The number of fused-ring (bicyclic) bond motifs is 1. The molecule has 0 bridgehead atoms. The highest BCUT2D eigenvalue weighted by atomic mass is 32.2. The van der Waals surface area contributed by atoms with Crippen LogP contribution in [0.4, 0.5) is 13.2 Å². The molecule has 4 aromatic rings. The Bertz CT molecular complexity index is 1700. The Labute approximate surface area is 269 Å². The molecule has 0 aliphatic carbocycles. The summed E-state index contributed by atoms with van der Waals surface area (Å²) in [5.74, 6) is -0.318. The van der Waals surface area contributed by atoms with E-state index in [-0.39, 0.29) is 5.91 Å². The van der Waals surface area contributed by atoms with Crippen molar-refractivity contribution in [1.82, 2.24) is 20.1 Å². The average Bonchev–Trinajstić information content (AvgIpc) is 3.07. The summed E-state index contributed by atoms with van der Waals surface area (Å²) in [4.78, 5) is 24.5. The highest BCUT2D eigenvalue weighted by Gasteiger charge is 2.31. The predicted molar refractivity (Wildman–Crippen MR) is 173 cm³/mol. The fraction of sp³-hybridized carbons (Fsp3) is 0.371. The highest BCUT2D eigenvalue weighted by molar-refractivity contribution is 7.84. The molecule has 3 aromatic carbocycles. The second-order valence-electron chi connectivity index (χ2n) is 11.8. The Morgan fingerprint density at radius 2 is 1.67 bits per heavy atom. The summed E-state index contributed by atoms with van der Waals surface area (Å²) >= 11 is 0. The number of pyridine rings is 1. The number of benzene rings is 3. The molecule has 2 aliphatic rings. The number of carbonyl (C=O) groups excluding carboxylic acids is 1. The van der Waals surface area contributed by atoms with Gasteiger partial charge in [0.05, 0.1) is 35.6 Å². The largest absolute Gasteiger partial charge is 0.416 e. The van der Waals surface area contributed by atoms with Gasteiger partial charge in [0.1, 0.15) is 0 Å². The molecule has 0 spiro atoms. The van der Waals surface area contributed by atoms with Gasteiger partial charge in [-0.25, -0.2) is 4.98 Å². The summed E-state index contributed by atoms with van der Waals surface area (Å²) in [7, 11) is -1.30. The van der Waals surface area contributed by atoms with Gasteiger partial charge in [-0.3, -0.25) is 18.8 Å². The minimum Gasteiger partial charge on any atom is -0.379 e. The van der Waals surface area contributed by atoms with Crippen LogP contribution in [0.5, 0.6) is 0 Å². The number of nitrogens with one attached hydrogen (secondary N) is 1. The van der Waals surface area contributed by atoms with Crippen molar-refractivity contribution in [3.63, 3.8) is 0 Å². The second kappa shape index (κ2) is 14.0. The lowest BCUT2D eigenvalue weighted by Crippen LogP contribution is -2.48. The van der Waals surface area contributed by atoms with E-state index in [2.05, 4.69) is 15.1 Å². The highest BCUT2D eigenvalue weighted by Crippen LogP contribution is 2.36. The normalized spacial score (nSPS) is 17.7. The second-order valence-corrected chi connectivity index (χ2v) is 13.2. The van der Waals surface area contributed by atoms with Crippen LogP contribution in [0.1, 0.15) is 39.9 Å². The van der Waals surface area contributed by atoms with Crippen LogP contribution in [-0.2, 0) is 34.8 Å². The van der Waals surface area contributed by atoms with Crippen molar-refractivity contribution in [1.29, 1.82) is 0 Å². The minimum absolute atomic E-state index is 0.295. The Morgan fingerprint density at radius 1 is 0.978 bits per heavy atom. The monoisotopic (exact) mass is 650 g/mol. The van der Waals surface area contributed by atoms with Crippen molar-refractivity contribution in [2.45, 2.75) is 43.0 Å². The minimum atomic E-state index is -4.47. The molecule has 2 fully saturated rings. The van der Waals surface area contributed by atoms with Crippen molar-refractivity contribution in [2.75, 3.05) is 45.6 Å². The summed E-state index contributed by atoms with van der Waals surface area (Å²) in [5, 5.41) is 3.63. The topological polar surface area (TPSA) is 74.8 Å². The SMILES string of the molecule is CS(=O)c1ccc2nc(-c3ccc(C(F)(F)F)cc3)c(CN3CCC(N4CCOCC4)CC3)c(C(=O)NCc3ccccc3)c2c1. The first-order valence-corrected chi connectivity index (χ1v) is 17.1. The predicted octanol–water partition coefficient (Wildman–Crippen LogP) is 5.88. The van der Waals surface area contributed by atoms with Gasteiger partial charge in [0.2, 0.25) is 0 Å². The van der Waals surface area contributed by atoms with Crippen molar-refractivity contribution < 1.29 is 26.9 Å². The molecule has 2 aliphatic heterocycles. The van der Waals surface area contributed by atoms with Gasteiger partial charge < -0.3 is 10.1 Å². The molecule has 242 valence electrons. The third-order valence-electron chi connectivity index (χ3n) is 8.90. The molecule has 2 saturated heterocycles. The average molecular weight is 651 g/mol. The first kappa shape index (κ1) is 32.3. The van der Waals surface area contributed by atoms with Crippen LogP contribution in [0.15, 0.2) is 77.7 Å². The number of halogens is 3. The fourth-order valence-electron chi connectivity index (χ4n) is 6.41. The lowest BCUT2D eigenvalue weighted by Gasteiger charge is -2.40. The zero-order chi connectivity index (χ0) is 32.3. The van der Waals surface area contributed by atoms with Crippen molar-refractivity contribution in [2.24, 2.45) is 0 Å². The number of hydrogen-bond acceptors (Lipinski definition) is 6. The van der Waals surface area contributed by atoms with Crippen LogP contribution in [0, 0.1) is 0 Å². The number of likely N-dealkylation sites (tertiary alicyclic amines) is 1. The Morgan fingerprint density at radius 3 is 2.33 bits per heavy atom. The number of aromatic nitrogens is 1. The smallest absolute Gasteiger partial charge is 0.379 e. The van der Waals surface area contributed by atoms with Crippen LogP contribution < -0.4 is 5.32 Å². The molecular formula is C35H37F3N4O3S. The van der Waals surface area contributed by atoms with Crippen LogP contribution in [0.25, 0.3) is 22.2 Å². The quantitative estimate of drug-likeness (QED) is 0.257. The molecule has 46 heavy (non-hydrogen) atoms. The summed E-state index contributed by atoms with van der Waals surface area (Å²) in [6.45, 7) is 5.62. The third kappa shape index (κ3) is 7.33. The lowest BCUT2D eigenvalue weighted by atomic mass is 9.94. The lowest BCUT2D eigenvalue weighted by molar-refractivity contribution is -0.137. The van der Waals surface area contributed by atoms with Gasteiger partial charge in [-0.15, -0.1) is 0 Å². The van der Waals surface area contributed by atoms with Crippen molar-refractivity contribution >= 4 is 27.6 Å². The van der Waals surface area contributed by atoms with E-state index in [0.717, 1.165) is 69.9 Å². The molecule has 11 heteroatoms. The van der Waals surface area contributed by atoms with Crippen LogP contribution in [0.2, 0.25) is 0 Å². The number of rotatable bonds is 8. The van der Waals surface area contributed by atoms with Gasteiger partial charge in [-0.2, -0.15) is 13.2 Å². The van der Waals surface area contributed by atoms with Gasteiger partial charge >= 0.3 is 6.18 Å². The fourth-order valence-corrected chi connectivity index (χ4v) is 6.95. The number of piperidine rings is 1. The number of morpholine rings is 1. The molecular weight excluding hydrogens is 613 g/mol. The van der Waals surface area contributed by atoms with Gasteiger partial charge in [0.15, 0.2) is 0 Å². The van der Waals surface area contributed by atoms with Crippen LogP contribution >= 0.6 is 0 Å². The first-order chi connectivity index (χ1) is 22.2. The molecule has 1 unspecified atom stereocenters. The van der Waals surface area contributed by atoms with E-state index in [9.17, 15) is 22.2 Å². The van der Waals surface area contributed by atoms with E-state index in [1.54, 1.807) is 24.5 Å². The molecule has 0 radical (unpaired) electrons. The molecule has 6 rings (SSSR count). The molecule has 1 N–H and O–H groups in total. The number of ether oxygens (including phenoxy) is 1. The molecule has 1 amide bonds. The van der Waals surface area contributed by atoms with Gasteiger partial charge in [-0.05, 0) is 61.8 Å². The Balaban J connectivity index is 1.42. The molecule has 1 atom stereocenters. The van der Waals surface area contributed by atoms with Gasteiger partial charge in [0, 0.05) is 70.7 Å². The molecule has 1 aromatic heterocycles. The summed E-state index contributed by atoms with van der Waals surface area (Å²) < 4.78 is 58.5. The van der Waals surface area contributed by atoms with Crippen LogP contribution in [0.3, 0.4) is 0 Å². The zero-order valence-electron chi connectivity index (χ0n) is 25.7. The van der Waals surface area contributed by atoms with E-state index in [1.165, 1.54) is 12.1 Å². The summed E-state index contributed by atoms with van der Waals surface area (Å²) in [6, 6.07) is 20.2. The van der Waals surface area contributed by atoms with Gasteiger partial charge in [0.25, 0.3) is 5.91 Å². The summed E-state index contributed by atoms with van der Waals surface area (Å²) in [6.07, 6.45) is -0.965. The van der Waals surface area contributed by atoms with Crippen molar-refractivity contribution in [3.05, 3.63) is 95.1 Å². The van der Waals surface area contributed by atoms with E-state index >= 15 is 0 Å². The van der Waals surface area contributed by atoms with E-state index in [4.69, 9.17) is 9.72 Å². The summed E-state index contributed by atoms with van der Waals surface area (Å²) in [5.41, 5.74) is 2.68. The van der Waals surface area contributed by atoms with E-state index in [1.807, 2.05) is 30.3 Å². The molecule has 7 nitrogen and oxygen atoms in total. The number of amides is 1. The van der Waals surface area contributed by atoms with Crippen LogP contribution in [-0.4, -0.2) is 76.6 Å². The maximum atomic E-state index is 14.2. The van der Waals surface area contributed by atoms with Crippen molar-refractivity contribution in [3.8, 4) is 11.3 Å².